The highest BCUT2D eigenvalue weighted by Gasteiger charge is 2.67. The van der Waals surface area contributed by atoms with E-state index in [0.717, 1.165) is 44.9 Å². The van der Waals surface area contributed by atoms with E-state index in [1.165, 1.54) is 4.90 Å². The number of carbonyl (C=O) groups is 4. The Morgan fingerprint density at radius 1 is 1.00 bits per heavy atom. The Morgan fingerprint density at radius 2 is 1.74 bits per heavy atom. The van der Waals surface area contributed by atoms with Crippen molar-refractivity contribution in [3.63, 3.8) is 0 Å². The number of nitrogens with one attached hydrogen (secondary N) is 3. The molecule has 18 heteroatoms. The molecule has 4 amide bonds. The van der Waals surface area contributed by atoms with Crippen LogP contribution < -0.4 is 24.8 Å². The van der Waals surface area contributed by atoms with Gasteiger partial charge in [0.15, 0.2) is 0 Å². The smallest absolute Gasteiger partial charge is 0.408 e. The maximum Gasteiger partial charge on any atom is 0.408 e. The van der Waals surface area contributed by atoms with Crippen molar-refractivity contribution in [3.8, 4) is 11.6 Å². The van der Waals surface area contributed by atoms with Crippen LogP contribution in [-0.2, 0) is 35.6 Å². The highest BCUT2D eigenvalue weighted by Crippen LogP contribution is 2.49. The molecule has 6 aliphatic rings. The molecule has 8 rings (SSSR count). The minimum Gasteiger partial charge on any atom is -0.497 e. The van der Waals surface area contributed by atoms with E-state index in [4.69, 9.17) is 24.2 Å². The van der Waals surface area contributed by atoms with Crippen LogP contribution in [0.1, 0.15) is 96.1 Å². The van der Waals surface area contributed by atoms with Gasteiger partial charge in [-0.1, -0.05) is 32.6 Å². The van der Waals surface area contributed by atoms with E-state index in [1.54, 1.807) is 19.2 Å². The van der Waals surface area contributed by atoms with Crippen LogP contribution >= 0.6 is 0 Å². The Morgan fingerprint density at radius 3 is 2.43 bits per heavy atom. The summed E-state index contributed by atoms with van der Waals surface area (Å²) in [5.74, 6) is -4.32. The second-order valence-electron chi connectivity index (χ2n) is 17.0. The van der Waals surface area contributed by atoms with Crippen LogP contribution in [0, 0.1) is 23.7 Å². The Hall–Kier alpha value is -4.35. The van der Waals surface area contributed by atoms with Crippen LogP contribution in [0.4, 0.5) is 13.6 Å². The molecule has 4 aliphatic carbocycles. The van der Waals surface area contributed by atoms with Gasteiger partial charge in [0.2, 0.25) is 34.1 Å². The Kier molecular flexibility index (Phi) is 11.2. The number of aryl methyl sites for hydroxylation is 1. The summed E-state index contributed by atoms with van der Waals surface area (Å²) >= 11 is 0. The Bertz CT molecular complexity index is 2050. The van der Waals surface area contributed by atoms with E-state index in [2.05, 4.69) is 10.6 Å². The highest BCUT2D eigenvalue weighted by molar-refractivity contribution is 7.91. The number of amides is 4. The van der Waals surface area contributed by atoms with Gasteiger partial charge in [-0.25, -0.2) is 32.0 Å². The van der Waals surface area contributed by atoms with Gasteiger partial charge < -0.3 is 29.7 Å². The summed E-state index contributed by atoms with van der Waals surface area (Å²) in [6.45, 7) is 1.67. The number of ether oxygens (including phenoxy) is 3. The number of carbonyl (C=O) groups excluding carboxylic acids is 4. The number of sulfonamides is 1. The third kappa shape index (κ3) is 8.13. The number of nitrogens with zero attached hydrogens (tertiary/aromatic N) is 3. The monoisotopic (exact) mass is 830 g/mol. The van der Waals surface area contributed by atoms with Gasteiger partial charge in [-0.15, -0.1) is 0 Å². The molecule has 1 aromatic heterocycles. The van der Waals surface area contributed by atoms with Gasteiger partial charge in [-0.3, -0.25) is 19.1 Å². The summed E-state index contributed by atoms with van der Waals surface area (Å²) in [7, 11) is -2.59. The zero-order chi connectivity index (χ0) is 40.9. The fourth-order valence-electron chi connectivity index (χ4n) is 9.36. The van der Waals surface area contributed by atoms with Gasteiger partial charge in [0.05, 0.1) is 35.9 Å². The van der Waals surface area contributed by atoms with E-state index >= 15 is 0 Å². The molecule has 0 spiro atoms. The minimum atomic E-state index is -4.14. The fraction of sp³-hybridized carbons (Fsp3) is 0.700. The number of halogens is 2. The summed E-state index contributed by atoms with van der Waals surface area (Å²) in [5, 5.41) is 4.57. The summed E-state index contributed by atoms with van der Waals surface area (Å²) in [4.78, 5) is 67.8. The molecule has 1 aromatic carbocycles. The van der Waals surface area contributed by atoms with Crippen LogP contribution in [0.3, 0.4) is 0 Å². The minimum absolute atomic E-state index is 0.134. The number of hydrogen-bond acceptors (Lipinski definition) is 11. The molecule has 2 aliphatic heterocycles. The highest BCUT2D eigenvalue weighted by atomic mass is 32.2. The molecule has 0 radical (unpaired) electrons. The molecule has 15 nitrogen and oxygen atoms in total. The van der Waals surface area contributed by atoms with Crippen molar-refractivity contribution in [1.29, 1.82) is 0 Å². The van der Waals surface area contributed by atoms with Gasteiger partial charge in [-0.05, 0) is 88.2 Å². The van der Waals surface area contributed by atoms with Crippen molar-refractivity contribution >= 4 is 44.9 Å². The standard InChI is InChI=1S/C40H52F2N6O9S/c1-3-25-31-20-48(33(25)35(49)46-40(19-26(40)34(41)42)38(51)47-58(53,54)24-14-15-24)37(50)32(21-9-7-8-10-21)45-39(52)57-30-17-22(30)11-5-4-6-12-28-36(56-31)44-29-18-23(55-2)13-16-27(29)43-28/h13,16,18,21-22,24-26,30-34H,3-12,14-15,17,19-20H2,1-2H3,(H,45,52)(H,46,49)(H,47,51)/t22-,25-,26+,30-,31+,32+,33+,40-/m1/s1. The summed E-state index contributed by atoms with van der Waals surface area (Å²) < 4.78 is 74.1. The first kappa shape index (κ1) is 40.4. The maximum absolute atomic E-state index is 14.9. The van der Waals surface area contributed by atoms with Gasteiger partial charge in [0, 0.05) is 12.0 Å². The van der Waals surface area contributed by atoms with Gasteiger partial charge in [0.25, 0.3) is 5.91 Å². The number of fused-ring (bicyclic) bond motifs is 5. The lowest BCUT2D eigenvalue weighted by Crippen LogP contribution is -2.60. The molecule has 5 fully saturated rings. The van der Waals surface area contributed by atoms with Crippen LogP contribution in [0.15, 0.2) is 18.2 Å². The number of hydrogen-bond donors (Lipinski definition) is 3. The van der Waals surface area contributed by atoms with Gasteiger partial charge in [0.1, 0.15) is 41.3 Å². The van der Waals surface area contributed by atoms with E-state index in [0.29, 0.717) is 54.6 Å². The molecular weight excluding hydrogens is 779 g/mol. The lowest BCUT2D eigenvalue weighted by molar-refractivity contribution is -0.143. The lowest BCUT2D eigenvalue weighted by Gasteiger charge is -2.33. The molecule has 58 heavy (non-hydrogen) atoms. The van der Waals surface area contributed by atoms with Crippen LogP contribution in [0.2, 0.25) is 0 Å². The topological polar surface area (TPSA) is 195 Å². The number of alkyl halides is 2. The van der Waals surface area contributed by atoms with Crippen molar-refractivity contribution in [2.24, 2.45) is 23.7 Å². The van der Waals surface area contributed by atoms with Gasteiger partial charge in [-0.2, -0.15) is 0 Å². The second-order valence-corrected chi connectivity index (χ2v) is 18.9. The van der Waals surface area contributed by atoms with E-state index in [9.17, 15) is 36.4 Å². The molecule has 1 saturated heterocycles. The number of alkyl carbamates (subject to hydrolysis) is 1. The predicted molar refractivity (Wildman–Crippen MR) is 204 cm³/mol. The molecule has 3 heterocycles. The number of benzene rings is 1. The van der Waals surface area contributed by atoms with Crippen LogP contribution in [0.25, 0.3) is 11.0 Å². The van der Waals surface area contributed by atoms with Crippen LogP contribution in [0.5, 0.6) is 11.6 Å². The van der Waals surface area contributed by atoms with Crippen molar-refractivity contribution in [3.05, 3.63) is 23.9 Å². The van der Waals surface area contributed by atoms with Crippen molar-refractivity contribution in [2.45, 2.75) is 138 Å². The number of rotatable bonds is 9. The zero-order valence-electron chi connectivity index (χ0n) is 32.8. The fourth-order valence-corrected chi connectivity index (χ4v) is 10.7. The first-order valence-corrected chi connectivity index (χ1v) is 22.3. The van der Waals surface area contributed by atoms with E-state index < -0.39 is 87.5 Å². The molecule has 2 bridgehead atoms. The average molecular weight is 831 g/mol. The van der Waals surface area contributed by atoms with Gasteiger partial charge >= 0.3 is 6.09 Å². The second kappa shape index (κ2) is 16.0. The Labute approximate surface area is 336 Å². The molecule has 8 atom stereocenters. The van der Waals surface area contributed by atoms with E-state index in [1.807, 2.05) is 17.7 Å². The average Bonchev–Trinajstić information content (AvgIpc) is 4.15. The zero-order valence-corrected chi connectivity index (χ0v) is 33.6. The largest absolute Gasteiger partial charge is 0.497 e. The summed E-state index contributed by atoms with van der Waals surface area (Å²) in [5.41, 5.74) is -0.461. The number of methoxy groups -OCH3 is 1. The van der Waals surface area contributed by atoms with E-state index in [-0.39, 0.29) is 36.8 Å². The third-order valence-electron chi connectivity index (χ3n) is 13.1. The summed E-state index contributed by atoms with van der Waals surface area (Å²) in [6, 6.07) is 2.94. The third-order valence-corrected chi connectivity index (χ3v) is 14.9. The van der Waals surface area contributed by atoms with Crippen molar-refractivity contribution in [1.82, 2.24) is 30.2 Å². The summed E-state index contributed by atoms with van der Waals surface area (Å²) in [6.07, 6.45) is 3.33. The number of aromatic nitrogens is 2. The Balaban J connectivity index is 1.16. The quantitative estimate of drug-likeness (QED) is 0.329. The molecule has 4 saturated carbocycles. The maximum atomic E-state index is 14.9. The van der Waals surface area contributed by atoms with Crippen LogP contribution in [-0.4, -0.2) is 102 Å². The molecule has 2 aromatic rings. The molecule has 316 valence electrons. The molecule has 3 N–H and O–H groups in total. The first-order valence-electron chi connectivity index (χ1n) is 20.8. The first-order chi connectivity index (χ1) is 27.8. The lowest BCUT2D eigenvalue weighted by atomic mass is 9.92. The molecule has 0 unspecified atom stereocenters. The van der Waals surface area contributed by atoms with Crippen molar-refractivity contribution < 1.29 is 50.6 Å². The SMILES string of the molecule is CC[C@@H]1[C@@H]2CN(C(=O)[C@H](C3CCCC3)NC(=O)O[C@@H]3C[C@H]3CCCCCc3nc4ccc(OC)cc4nc3O2)[C@@H]1C(=O)N[C@]1(C(=O)NS(=O)(=O)C2CC2)C[C@H]1C(F)F. The molecular formula is C40H52F2N6O9S. The predicted octanol–water partition coefficient (Wildman–Crippen LogP) is 4.16. The normalized spacial score (nSPS) is 31.9. The van der Waals surface area contributed by atoms with Crippen molar-refractivity contribution in [2.75, 3.05) is 13.7 Å².